The fourth-order valence-corrected chi connectivity index (χ4v) is 3.22. The van der Waals surface area contributed by atoms with Crippen LogP contribution in [-0.2, 0) is 18.9 Å². The molecule has 0 bridgehead atoms. The summed E-state index contributed by atoms with van der Waals surface area (Å²) in [7, 11) is 0. The Hall–Kier alpha value is -0.480. The van der Waals surface area contributed by atoms with E-state index in [2.05, 4.69) is 0 Å². The van der Waals surface area contributed by atoms with Crippen molar-refractivity contribution >= 4 is 0 Å². The van der Waals surface area contributed by atoms with Crippen LogP contribution in [0.4, 0.5) is 0 Å². The molecule has 8 N–H and O–H groups in total. The van der Waals surface area contributed by atoms with Crippen LogP contribution < -0.4 is 0 Å². The van der Waals surface area contributed by atoms with Crippen LogP contribution in [0.1, 0.15) is 20.3 Å². The normalized spacial score (nSPS) is 41.9. The van der Waals surface area contributed by atoms with E-state index in [9.17, 15) is 35.7 Å². The van der Waals surface area contributed by atoms with Crippen molar-refractivity contribution in [3.8, 4) is 0 Å². The Morgan fingerprint density at radius 3 is 2.23 bits per heavy atom. The standard InChI is InChI=1S/C18H34O12/c1-9(2)17(25,6-19)3-4-27-15-13(23)12(22)11(21)10(30-15)5-28-16-14(24)18(26,7-20)8-29-16/h9-16,19-26H,3-8H2,1-2H3/t10-,11-,12+,13-,14+,15-,16+,17-,18-/m1/s1. The predicted molar refractivity (Wildman–Crippen MR) is 97.9 cm³/mol. The molecule has 12 nitrogen and oxygen atoms in total. The Bertz CT molecular complexity index is 535. The highest BCUT2D eigenvalue weighted by Crippen LogP contribution is 2.28. The number of aliphatic hydroxyl groups is 8. The van der Waals surface area contributed by atoms with Gasteiger partial charge in [-0.2, -0.15) is 0 Å². The van der Waals surface area contributed by atoms with E-state index in [1.165, 1.54) is 0 Å². The van der Waals surface area contributed by atoms with Crippen LogP contribution >= 0.6 is 0 Å². The van der Waals surface area contributed by atoms with Crippen molar-refractivity contribution in [2.24, 2.45) is 5.92 Å². The van der Waals surface area contributed by atoms with Crippen molar-refractivity contribution in [1.29, 1.82) is 0 Å². The summed E-state index contributed by atoms with van der Waals surface area (Å²) in [6.07, 6.45) is -10.1. The number of rotatable bonds is 10. The van der Waals surface area contributed by atoms with Gasteiger partial charge in [0.05, 0.1) is 38.6 Å². The van der Waals surface area contributed by atoms with Crippen LogP contribution in [0.25, 0.3) is 0 Å². The third-order valence-corrected chi connectivity index (χ3v) is 5.84. The molecule has 178 valence electrons. The van der Waals surface area contributed by atoms with Gasteiger partial charge in [0.1, 0.15) is 36.1 Å². The van der Waals surface area contributed by atoms with Crippen LogP contribution in [0.15, 0.2) is 0 Å². The van der Waals surface area contributed by atoms with Crippen molar-refractivity contribution < 1.29 is 59.8 Å². The molecule has 0 aliphatic carbocycles. The van der Waals surface area contributed by atoms with E-state index in [-0.39, 0.29) is 32.2 Å². The van der Waals surface area contributed by atoms with E-state index in [0.717, 1.165) is 0 Å². The smallest absolute Gasteiger partial charge is 0.186 e. The highest BCUT2D eigenvalue weighted by atomic mass is 16.7. The molecule has 30 heavy (non-hydrogen) atoms. The van der Waals surface area contributed by atoms with E-state index in [1.807, 2.05) is 0 Å². The molecule has 0 radical (unpaired) electrons. The lowest BCUT2D eigenvalue weighted by atomic mass is 9.88. The van der Waals surface area contributed by atoms with Gasteiger partial charge in [-0.15, -0.1) is 0 Å². The first-order chi connectivity index (χ1) is 14.0. The zero-order valence-electron chi connectivity index (χ0n) is 17.1. The van der Waals surface area contributed by atoms with Crippen molar-refractivity contribution in [3.63, 3.8) is 0 Å². The summed E-state index contributed by atoms with van der Waals surface area (Å²) in [4.78, 5) is 0. The lowest BCUT2D eigenvalue weighted by Gasteiger charge is -2.41. The average molecular weight is 442 g/mol. The maximum absolute atomic E-state index is 10.3. The monoisotopic (exact) mass is 442 g/mol. The third-order valence-electron chi connectivity index (χ3n) is 5.84. The summed E-state index contributed by atoms with van der Waals surface area (Å²) in [5.41, 5.74) is -3.27. The minimum absolute atomic E-state index is 0.0371. The lowest BCUT2D eigenvalue weighted by Crippen LogP contribution is -2.60. The molecule has 9 atom stereocenters. The van der Waals surface area contributed by atoms with Gasteiger partial charge in [-0.3, -0.25) is 0 Å². The highest BCUT2D eigenvalue weighted by molar-refractivity contribution is 4.94. The Morgan fingerprint density at radius 2 is 1.70 bits per heavy atom. The predicted octanol–water partition coefficient (Wildman–Crippen LogP) is -3.96. The largest absolute Gasteiger partial charge is 0.393 e. The second-order valence-electron chi connectivity index (χ2n) is 8.27. The van der Waals surface area contributed by atoms with E-state index < -0.39 is 67.5 Å². The molecule has 12 heteroatoms. The van der Waals surface area contributed by atoms with Crippen LogP contribution in [0, 0.1) is 5.92 Å². The molecule has 2 aliphatic heterocycles. The van der Waals surface area contributed by atoms with Gasteiger partial charge in [-0.05, 0) is 5.92 Å². The van der Waals surface area contributed by atoms with Gasteiger partial charge in [0.15, 0.2) is 12.6 Å². The van der Waals surface area contributed by atoms with Crippen LogP contribution in [0.5, 0.6) is 0 Å². The minimum Gasteiger partial charge on any atom is -0.393 e. The Kier molecular flexibility index (Phi) is 8.96. The fraction of sp³-hybridized carbons (Fsp3) is 1.00. The SMILES string of the molecule is CC(C)[C@](O)(CO)CCO[C@@H]1O[C@H](CO[C@H]2OC[C@](O)(CO)[C@H]2O)[C@@H](O)[C@H](O)[C@H]1O. The first-order valence-corrected chi connectivity index (χ1v) is 9.88. The molecule has 0 amide bonds. The maximum atomic E-state index is 10.3. The van der Waals surface area contributed by atoms with Crippen molar-refractivity contribution in [2.75, 3.05) is 33.0 Å². The van der Waals surface area contributed by atoms with Gasteiger partial charge in [-0.1, -0.05) is 13.8 Å². The summed E-state index contributed by atoms with van der Waals surface area (Å²) >= 11 is 0. The van der Waals surface area contributed by atoms with Crippen LogP contribution in [0.3, 0.4) is 0 Å². The third kappa shape index (κ3) is 5.46. The van der Waals surface area contributed by atoms with Crippen molar-refractivity contribution in [2.45, 2.75) is 74.6 Å². The van der Waals surface area contributed by atoms with Gasteiger partial charge in [0.2, 0.25) is 0 Å². The molecule has 2 rings (SSSR count). The van der Waals surface area contributed by atoms with Gasteiger partial charge in [-0.25, -0.2) is 0 Å². The van der Waals surface area contributed by atoms with E-state index in [4.69, 9.17) is 24.1 Å². The molecule has 2 aliphatic rings. The van der Waals surface area contributed by atoms with Gasteiger partial charge in [0, 0.05) is 6.42 Å². The molecule has 0 unspecified atom stereocenters. The fourth-order valence-electron chi connectivity index (χ4n) is 3.22. The molecule has 2 saturated heterocycles. The van der Waals surface area contributed by atoms with E-state index >= 15 is 0 Å². The number of aliphatic hydroxyl groups excluding tert-OH is 6. The molecule has 2 heterocycles. The Labute approximate surface area is 174 Å². The Balaban J connectivity index is 1.91. The molecule has 0 aromatic heterocycles. The second kappa shape index (κ2) is 10.4. The summed E-state index contributed by atoms with van der Waals surface area (Å²) in [6, 6.07) is 0. The van der Waals surface area contributed by atoms with Crippen LogP contribution in [-0.4, -0.2) is 128 Å². The van der Waals surface area contributed by atoms with Gasteiger partial charge >= 0.3 is 0 Å². The summed E-state index contributed by atoms with van der Waals surface area (Å²) in [5.74, 6) is -0.257. The number of ether oxygens (including phenoxy) is 4. The highest BCUT2D eigenvalue weighted by Gasteiger charge is 2.50. The molecule has 0 aromatic rings. The second-order valence-corrected chi connectivity index (χ2v) is 8.27. The number of hydrogen-bond donors (Lipinski definition) is 8. The van der Waals surface area contributed by atoms with Gasteiger partial charge in [0.25, 0.3) is 0 Å². The molecular formula is C18H34O12. The molecule has 0 saturated carbocycles. The molecule has 0 spiro atoms. The topological polar surface area (TPSA) is 199 Å². The molecule has 2 fully saturated rings. The van der Waals surface area contributed by atoms with Crippen molar-refractivity contribution in [1.82, 2.24) is 0 Å². The lowest BCUT2D eigenvalue weighted by molar-refractivity contribution is -0.311. The summed E-state index contributed by atoms with van der Waals surface area (Å²) in [6.45, 7) is 1.37. The van der Waals surface area contributed by atoms with E-state index in [0.29, 0.717) is 0 Å². The van der Waals surface area contributed by atoms with Gasteiger partial charge < -0.3 is 59.8 Å². The molecule has 0 aromatic carbocycles. The minimum atomic E-state index is -1.88. The molecular weight excluding hydrogens is 408 g/mol. The van der Waals surface area contributed by atoms with E-state index in [1.54, 1.807) is 13.8 Å². The maximum Gasteiger partial charge on any atom is 0.186 e. The summed E-state index contributed by atoms with van der Waals surface area (Å²) in [5, 5.41) is 79.1. The first kappa shape index (κ1) is 25.8. The van der Waals surface area contributed by atoms with Crippen molar-refractivity contribution in [3.05, 3.63) is 0 Å². The first-order valence-electron chi connectivity index (χ1n) is 9.88. The Morgan fingerprint density at radius 1 is 1.03 bits per heavy atom. The zero-order chi connectivity index (χ0) is 22.7. The van der Waals surface area contributed by atoms with Crippen LogP contribution in [0.2, 0.25) is 0 Å². The number of hydrogen-bond acceptors (Lipinski definition) is 12. The average Bonchev–Trinajstić information content (AvgIpc) is 3.01. The summed E-state index contributed by atoms with van der Waals surface area (Å²) < 4.78 is 21.3. The quantitative estimate of drug-likeness (QED) is 0.163. The zero-order valence-corrected chi connectivity index (χ0v) is 17.1.